The number of carbonyl (C=O) groups is 1. The molecule has 1 heterocycles. The van der Waals surface area contributed by atoms with Crippen LogP contribution in [-0.2, 0) is 11.3 Å². The molecule has 0 unspecified atom stereocenters. The summed E-state index contributed by atoms with van der Waals surface area (Å²) in [4.78, 5) is 12.5. The molecule has 0 fully saturated rings. The number of aromatic nitrogens is 1. The maximum atomic E-state index is 12.5. The SMILES string of the molecule is Cc1ccc(CNC(=O)C[C@@H](c2ccccc2C)n2cccc2)cc1. The third-order valence-electron chi connectivity index (χ3n) is 4.52. The van der Waals surface area contributed by atoms with E-state index in [2.05, 4.69) is 60.1 Å². The number of amides is 1. The molecule has 1 atom stereocenters. The summed E-state index contributed by atoms with van der Waals surface area (Å²) in [6, 6.07) is 20.5. The summed E-state index contributed by atoms with van der Waals surface area (Å²) < 4.78 is 2.10. The summed E-state index contributed by atoms with van der Waals surface area (Å²) in [7, 11) is 0. The van der Waals surface area contributed by atoms with E-state index in [0.29, 0.717) is 13.0 Å². The van der Waals surface area contributed by atoms with Gasteiger partial charge in [0, 0.05) is 18.9 Å². The van der Waals surface area contributed by atoms with Crippen molar-refractivity contribution in [1.29, 1.82) is 0 Å². The summed E-state index contributed by atoms with van der Waals surface area (Å²) in [5, 5.41) is 3.05. The molecule has 0 saturated carbocycles. The molecule has 1 aromatic heterocycles. The predicted octanol–water partition coefficient (Wildman–Crippen LogP) is 4.40. The molecule has 128 valence electrons. The van der Waals surface area contributed by atoms with Gasteiger partial charge in [0.15, 0.2) is 0 Å². The van der Waals surface area contributed by atoms with Crippen molar-refractivity contribution in [2.24, 2.45) is 0 Å². The number of nitrogens with one attached hydrogen (secondary N) is 1. The lowest BCUT2D eigenvalue weighted by Crippen LogP contribution is -2.26. The third kappa shape index (κ3) is 4.38. The normalized spacial score (nSPS) is 11.9. The maximum Gasteiger partial charge on any atom is 0.222 e. The molecule has 0 bridgehead atoms. The highest BCUT2D eigenvalue weighted by Crippen LogP contribution is 2.25. The van der Waals surface area contributed by atoms with Crippen LogP contribution in [0.15, 0.2) is 73.1 Å². The Kier molecular flexibility index (Phi) is 5.34. The van der Waals surface area contributed by atoms with Crippen LogP contribution in [0.3, 0.4) is 0 Å². The zero-order valence-electron chi connectivity index (χ0n) is 14.8. The fourth-order valence-corrected chi connectivity index (χ4v) is 3.05. The predicted molar refractivity (Wildman–Crippen MR) is 101 cm³/mol. The van der Waals surface area contributed by atoms with Gasteiger partial charge in [-0.3, -0.25) is 4.79 Å². The summed E-state index contributed by atoms with van der Waals surface area (Å²) in [5.74, 6) is 0.0579. The topological polar surface area (TPSA) is 34.0 Å². The molecule has 1 amide bonds. The Hall–Kier alpha value is -2.81. The quantitative estimate of drug-likeness (QED) is 0.713. The van der Waals surface area contributed by atoms with Gasteiger partial charge in [0.05, 0.1) is 12.5 Å². The van der Waals surface area contributed by atoms with Gasteiger partial charge < -0.3 is 9.88 Å². The van der Waals surface area contributed by atoms with Crippen LogP contribution in [0.25, 0.3) is 0 Å². The van der Waals surface area contributed by atoms with Crippen LogP contribution in [0.1, 0.15) is 34.7 Å². The molecule has 3 nitrogen and oxygen atoms in total. The van der Waals surface area contributed by atoms with Gasteiger partial charge in [0.2, 0.25) is 5.91 Å². The van der Waals surface area contributed by atoms with Crippen molar-refractivity contribution in [1.82, 2.24) is 9.88 Å². The first-order valence-corrected chi connectivity index (χ1v) is 8.64. The fraction of sp³-hybridized carbons (Fsp3) is 0.227. The van der Waals surface area contributed by atoms with Crippen molar-refractivity contribution in [2.75, 3.05) is 0 Å². The average Bonchev–Trinajstić information content (AvgIpc) is 3.14. The van der Waals surface area contributed by atoms with E-state index in [-0.39, 0.29) is 11.9 Å². The summed E-state index contributed by atoms with van der Waals surface area (Å²) in [6.45, 7) is 4.72. The molecule has 0 radical (unpaired) electrons. The Labute approximate surface area is 149 Å². The van der Waals surface area contributed by atoms with E-state index in [1.165, 1.54) is 16.7 Å². The van der Waals surface area contributed by atoms with E-state index < -0.39 is 0 Å². The van der Waals surface area contributed by atoms with Gasteiger partial charge in [-0.1, -0.05) is 54.1 Å². The first kappa shape index (κ1) is 17.0. The molecule has 3 aromatic rings. The third-order valence-corrected chi connectivity index (χ3v) is 4.52. The molecule has 0 aliphatic heterocycles. The van der Waals surface area contributed by atoms with Crippen LogP contribution < -0.4 is 5.32 Å². The zero-order valence-corrected chi connectivity index (χ0v) is 14.8. The number of benzene rings is 2. The summed E-state index contributed by atoms with van der Waals surface area (Å²) in [5.41, 5.74) is 4.73. The number of nitrogens with zero attached hydrogens (tertiary/aromatic N) is 1. The molecule has 0 aliphatic rings. The first-order valence-electron chi connectivity index (χ1n) is 8.64. The second-order valence-electron chi connectivity index (χ2n) is 6.47. The van der Waals surface area contributed by atoms with Gasteiger partial charge in [-0.2, -0.15) is 0 Å². The minimum absolute atomic E-state index is 0.00854. The Morgan fingerprint density at radius 1 is 0.960 bits per heavy atom. The van der Waals surface area contributed by atoms with E-state index in [1.54, 1.807) is 0 Å². The largest absolute Gasteiger partial charge is 0.352 e. The highest BCUT2D eigenvalue weighted by Gasteiger charge is 2.18. The van der Waals surface area contributed by atoms with Crippen LogP contribution in [0.4, 0.5) is 0 Å². The minimum Gasteiger partial charge on any atom is -0.352 e. The van der Waals surface area contributed by atoms with Crippen molar-refractivity contribution in [3.63, 3.8) is 0 Å². The van der Waals surface area contributed by atoms with Crippen molar-refractivity contribution >= 4 is 5.91 Å². The molecule has 0 saturated heterocycles. The number of aryl methyl sites for hydroxylation is 2. The molecule has 3 rings (SSSR count). The number of carbonyl (C=O) groups excluding carboxylic acids is 1. The van der Waals surface area contributed by atoms with Crippen LogP contribution in [0.2, 0.25) is 0 Å². The lowest BCUT2D eigenvalue weighted by Gasteiger charge is -2.21. The van der Waals surface area contributed by atoms with Gasteiger partial charge in [-0.25, -0.2) is 0 Å². The molecule has 0 aliphatic carbocycles. The van der Waals surface area contributed by atoms with Crippen LogP contribution in [-0.4, -0.2) is 10.5 Å². The second-order valence-corrected chi connectivity index (χ2v) is 6.47. The first-order chi connectivity index (χ1) is 12.1. The van der Waals surface area contributed by atoms with E-state index in [1.807, 2.05) is 36.7 Å². The maximum absolute atomic E-state index is 12.5. The van der Waals surface area contributed by atoms with Gasteiger partial charge in [-0.15, -0.1) is 0 Å². The average molecular weight is 332 g/mol. The van der Waals surface area contributed by atoms with E-state index in [0.717, 1.165) is 5.56 Å². The second kappa shape index (κ2) is 7.84. The Morgan fingerprint density at radius 3 is 2.32 bits per heavy atom. The van der Waals surface area contributed by atoms with Crippen molar-refractivity contribution in [2.45, 2.75) is 32.9 Å². The fourth-order valence-electron chi connectivity index (χ4n) is 3.05. The lowest BCUT2D eigenvalue weighted by molar-refractivity contribution is -0.121. The lowest BCUT2D eigenvalue weighted by atomic mass is 9.98. The molecular weight excluding hydrogens is 308 g/mol. The molecule has 25 heavy (non-hydrogen) atoms. The van der Waals surface area contributed by atoms with Crippen LogP contribution in [0.5, 0.6) is 0 Å². The standard InChI is InChI=1S/C22H24N2O/c1-17-9-11-19(12-10-17)16-23-22(25)15-21(24-13-5-6-14-24)20-8-4-3-7-18(20)2/h3-14,21H,15-16H2,1-2H3,(H,23,25)/t21-/m0/s1. The van der Waals surface area contributed by atoms with Gasteiger partial charge >= 0.3 is 0 Å². The highest BCUT2D eigenvalue weighted by molar-refractivity contribution is 5.77. The number of rotatable bonds is 6. The molecule has 1 N–H and O–H groups in total. The molecule has 3 heteroatoms. The Morgan fingerprint density at radius 2 is 1.64 bits per heavy atom. The van der Waals surface area contributed by atoms with Gasteiger partial charge in [0.25, 0.3) is 0 Å². The summed E-state index contributed by atoms with van der Waals surface area (Å²) in [6.07, 6.45) is 4.46. The van der Waals surface area contributed by atoms with E-state index >= 15 is 0 Å². The minimum atomic E-state index is 0.00854. The Bertz CT molecular complexity index is 819. The van der Waals surface area contributed by atoms with E-state index in [4.69, 9.17) is 0 Å². The smallest absolute Gasteiger partial charge is 0.222 e. The Balaban J connectivity index is 1.71. The van der Waals surface area contributed by atoms with E-state index in [9.17, 15) is 4.79 Å². The van der Waals surface area contributed by atoms with Crippen LogP contribution >= 0.6 is 0 Å². The summed E-state index contributed by atoms with van der Waals surface area (Å²) >= 11 is 0. The number of hydrogen-bond acceptors (Lipinski definition) is 1. The van der Waals surface area contributed by atoms with Crippen molar-refractivity contribution in [3.8, 4) is 0 Å². The van der Waals surface area contributed by atoms with Gasteiger partial charge in [0.1, 0.15) is 0 Å². The van der Waals surface area contributed by atoms with Gasteiger partial charge in [-0.05, 0) is 42.7 Å². The van der Waals surface area contributed by atoms with Crippen molar-refractivity contribution < 1.29 is 4.79 Å². The zero-order chi connectivity index (χ0) is 17.6. The highest BCUT2D eigenvalue weighted by atomic mass is 16.1. The number of hydrogen-bond donors (Lipinski definition) is 1. The molecule has 0 spiro atoms. The molecule has 2 aromatic carbocycles. The molecular formula is C22H24N2O. The van der Waals surface area contributed by atoms with Crippen molar-refractivity contribution in [3.05, 3.63) is 95.3 Å². The van der Waals surface area contributed by atoms with Crippen LogP contribution in [0, 0.1) is 13.8 Å². The monoisotopic (exact) mass is 332 g/mol.